The van der Waals surface area contributed by atoms with Gasteiger partial charge in [0.15, 0.2) is 0 Å². The SMILES string of the molecule is O=C(O)CCCc1ccc2[nH]ccc2c1O. The molecule has 0 spiro atoms. The number of phenolic OH excluding ortho intramolecular Hbond substituents is 1. The lowest BCUT2D eigenvalue weighted by atomic mass is 10.0. The molecule has 84 valence electrons. The van der Waals surface area contributed by atoms with Gasteiger partial charge in [0.1, 0.15) is 5.75 Å². The Balaban J connectivity index is 2.17. The third-order valence-electron chi connectivity index (χ3n) is 2.63. The molecular formula is C12H13NO3. The van der Waals surface area contributed by atoms with Crippen molar-refractivity contribution in [3.05, 3.63) is 30.0 Å². The van der Waals surface area contributed by atoms with Crippen molar-refractivity contribution in [2.75, 3.05) is 0 Å². The number of aliphatic carboxylic acids is 1. The number of hydrogen-bond donors (Lipinski definition) is 3. The zero-order valence-electron chi connectivity index (χ0n) is 8.73. The van der Waals surface area contributed by atoms with Gasteiger partial charge in [-0.1, -0.05) is 6.07 Å². The lowest BCUT2D eigenvalue weighted by Crippen LogP contribution is -1.96. The number of nitrogens with one attached hydrogen (secondary N) is 1. The summed E-state index contributed by atoms with van der Waals surface area (Å²) < 4.78 is 0. The van der Waals surface area contributed by atoms with Crippen molar-refractivity contribution in [3.63, 3.8) is 0 Å². The molecule has 0 aliphatic rings. The van der Waals surface area contributed by atoms with Crippen LogP contribution in [0.1, 0.15) is 18.4 Å². The molecule has 2 aromatic rings. The van der Waals surface area contributed by atoms with Gasteiger partial charge in [0.25, 0.3) is 0 Å². The minimum Gasteiger partial charge on any atom is -0.507 e. The number of hydrogen-bond acceptors (Lipinski definition) is 2. The first-order valence-corrected chi connectivity index (χ1v) is 5.18. The fourth-order valence-electron chi connectivity index (χ4n) is 1.79. The van der Waals surface area contributed by atoms with Crippen LogP contribution in [0, 0.1) is 0 Å². The third-order valence-corrected chi connectivity index (χ3v) is 2.63. The Kier molecular flexibility index (Phi) is 2.81. The first-order chi connectivity index (χ1) is 7.68. The minimum absolute atomic E-state index is 0.130. The molecule has 0 bridgehead atoms. The van der Waals surface area contributed by atoms with Gasteiger partial charge in [0, 0.05) is 23.5 Å². The molecule has 16 heavy (non-hydrogen) atoms. The molecule has 4 nitrogen and oxygen atoms in total. The van der Waals surface area contributed by atoms with Crippen LogP contribution in [-0.2, 0) is 11.2 Å². The largest absolute Gasteiger partial charge is 0.507 e. The van der Waals surface area contributed by atoms with E-state index in [-0.39, 0.29) is 12.2 Å². The molecule has 0 saturated heterocycles. The maximum absolute atomic E-state index is 10.4. The van der Waals surface area contributed by atoms with E-state index in [1.807, 2.05) is 18.2 Å². The molecule has 0 atom stereocenters. The first kappa shape index (κ1) is 10.5. The number of aromatic amines is 1. The van der Waals surface area contributed by atoms with E-state index >= 15 is 0 Å². The maximum atomic E-state index is 10.4. The van der Waals surface area contributed by atoms with Crippen molar-refractivity contribution in [1.29, 1.82) is 0 Å². The molecule has 2 rings (SSSR count). The molecule has 3 N–H and O–H groups in total. The van der Waals surface area contributed by atoms with Crippen LogP contribution >= 0.6 is 0 Å². The normalized spacial score (nSPS) is 10.8. The number of rotatable bonds is 4. The van der Waals surface area contributed by atoms with Crippen LogP contribution in [0.15, 0.2) is 24.4 Å². The second kappa shape index (κ2) is 4.26. The number of aryl methyl sites for hydroxylation is 1. The number of fused-ring (bicyclic) bond motifs is 1. The average molecular weight is 219 g/mol. The number of aromatic hydroxyl groups is 1. The Morgan fingerprint density at radius 1 is 1.31 bits per heavy atom. The standard InChI is InChI=1S/C12H13NO3/c14-11(15)3-1-2-8-4-5-10-9(12(8)16)6-7-13-10/h4-7,13,16H,1-3H2,(H,14,15). The number of carboxylic acids is 1. The molecule has 1 aromatic heterocycles. The number of carboxylic acid groups (broad SMARTS) is 1. The monoisotopic (exact) mass is 219 g/mol. The molecule has 0 fully saturated rings. The Morgan fingerprint density at radius 3 is 2.88 bits per heavy atom. The number of phenols is 1. The van der Waals surface area contributed by atoms with E-state index in [4.69, 9.17) is 5.11 Å². The van der Waals surface area contributed by atoms with Gasteiger partial charge in [-0.15, -0.1) is 0 Å². The van der Waals surface area contributed by atoms with E-state index < -0.39 is 5.97 Å². The number of carbonyl (C=O) groups is 1. The van der Waals surface area contributed by atoms with Crippen molar-refractivity contribution in [2.24, 2.45) is 0 Å². The highest BCUT2D eigenvalue weighted by Gasteiger charge is 2.07. The molecule has 0 amide bonds. The summed E-state index contributed by atoms with van der Waals surface area (Å²) >= 11 is 0. The molecule has 1 heterocycles. The summed E-state index contributed by atoms with van der Waals surface area (Å²) in [5.41, 5.74) is 1.69. The Hall–Kier alpha value is -1.97. The van der Waals surface area contributed by atoms with Crippen molar-refractivity contribution in [3.8, 4) is 5.75 Å². The van der Waals surface area contributed by atoms with E-state index in [1.54, 1.807) is 6.20 Å². The van der Waals surface area contributed by atoms with Crippen LogP contribution in [0.5, 0.6) is 5.75 Å². The van der Waals surface area contributed by atoms with E-state index in [1.165, 1.54) is 0 Å². The summed E-state index contributed by atoms with van der Waals surface area (Å²) in [6.07, 6.45) is 3.02. The van der Waals surface area contributed by atoms with Crippen LogP contribution < -0.4 is 0 Å². The number of benzene rings is 1. The Bertz CT molecular complexity index is 516. The van der Waals surface area contributed by atoms with Crippen LogP contribution in [-0.4, -0.2) is 21.2 Å². The van der Waals surface area contributed by atoms with Gasteiger partial charge in [-0.25, -0.2) is 0 Å². The van der Waals surface area contributed by atoms with Gasteiger partial charge in [-0.3, -0.25) is 4.79 Å². The predicted molar refractivity (Wildman–Crippen MR) is 60.5 cm³/mol. The number of H-pyrrole nitrogens is 1. The summed E-state index contributed by atoms with van der Waals surface area (Å²) in [5, 5.41) is 19.3. The smallest absolute Gasteiger partial charge is 0.303 e. The zero-order valence-corrected chi connectivity index (χ0v) is 8.73. The molecule has 0 aliphatic carbocycles. The lowest BCUT2D eigenvalue weighted by Gasteiger charge is -2.04. The molecular weight excluding hydrogens is 206 g/mol. The molecule has 0 aliphatic heterocycles. The lowest BCUT2D eigenvalue weighted by molar-refractivity contribution is -0.137. The van der Waals surface area contributed by atoms with Gasteiger partial charge in [0.2, 0.25) is 0 Å². The van der Waals surface area contributed by atoms with Crippen LogP contribution in [0.2, 0.25) is 0 Å². The van der Waals surface area contributed by atoms with Gasteiger partial charge < -0.3 is 15.2 Å². The Morgan fingerprint density at radius 2 is 2.12 bits per heavy atom. The molecule has 0 radical (unpaired) electrons. The van der Waals surface area contributed by atoms with Crippen molar-refractivity contribution in [1.82, 2.24) is 4.98 Å². The highest BCUT2D eigenvalue weighted by Crippen LogP contribution is 2.28. The quantitative estimate of drug-likeness (QED) is 0.738. The minimum atomic E-state index is -0.804. The second-order valence-electron chi connectivity index (χ2n) is 3.76. The summed E-state index contributed by atoms with van der Waals surface area (Å²) in [6.45, 7) is 0. The first-order valence-electron chi connectivity index (χ1n) is 5.18. The van der Waals surface area contributed by atoms with E-state index in [9.17, 15) is 9.90 Å². The van der Waals surface area contributed by atoms with E-state index in [0.717, 1.165) is 16.5 Å². The van der Waals surface area contributed by atoms with E-state index in [0.29, 0.717) is 12.8 Å². The van der Waals surface area contributed by atoms with Crippen LogP contribution in [0.3, 0.4) is 0 Å². The zero-order chi connectivity index (χ0) is 11.5. The second-order valence-corrected chi connectivity index (χ2v) is 3.76. The highest BCUT2D eigenvalue weighted by atomic mass is 16.4. The van der Waals surface area contributed by atoms with Crippen molar-refractivity contribution < 1.29 is 15.0 Å². The van der Waals surface area contributed by atoms with Crippen molar-refractivity contribution in [2.45, 2.75) is 19.3 Å². The fourth-order valence-corrected chi connectivity index (χ4v) is 1.79. The van der Waals surface area contributed by atoms with Gasteiger partial charge in [-0.2, -0.15) is 0 Å². The summed E-state index contributed by atoms with van der Waals surface area (Å²) in [6, 6.07) is 5.53. The predicted octanol–water partition coefficient (Wildman–Crippen LogP) is 2.28. The van der Waals surface area contributed by atoms with Crippen LogP contribution in [0.4, 0.5) is 0 Å². The van der Waals surface area contributed by atoms with E-state index in [2.05, 4.69) is 4.98 Å². The Labute approximate surface area is 92.5 Å². The molecule has 1 aromatic carbocycles. The average Bonchev–Trinajstić information content (AvgIpc) is 2.69. The fraction of sp³-hybridized carbons (Fsp3) is 0.250. The maximum Gasteiger partial charge on any atom is 0.303 e. The van der Waals surface area contributed by atoms with Gasteiger partial charge in [0.05, 0.1) is 0 Å². The van der Waals surface area contributed by atoms with Gasteiger partial charge >= 0.3 is 5.97 Å². The molecule has 0 saturated carbocycles. The summed E-state index contributed by atoms with van der Waals surface area (Å²) in [5.74, 6) is -0.550. The molecule has 0 unspecified atom stereocenters. The van der Waals surface area contributed by atoms with Gasteiger partial charge in [-0.05, 0) is 30.5 Å². The topological polar surface area (TPSA) is 73.3 Å². The van der Waals surface area contributed by atoms with Crippen molar-refractivity contribution >= 4 is 16.9 Å². The summed E-state index contributed by atoms with van der Waals surface area (Å²) in [4.78, 5) is 13.4. The highest BCUT2D eigenvalue weighted by molar-refractivity contribution is 5.86. The van der Waals surface area contributed by atoms with Crippen LogP contribution in [0.25, 0.3) is 10.9 Å². The summed E-state index contributed by atoms with van der Waals surface area (Å²) in [7, 11) is 0. The number of aromatic nitrogens is 1. The molecule has 4 heteroatoms. The third kappa shape index (κ3) is 2.00.